The summed E-state index contributed by atoms with van der Waals surface area (Å²) in [6.45, 7) is 6.31. The Bertz CT molecular complexity index is 275. The molecule has 1 unspecified atom stereocenters. The number of aromatic nitrogens is 2. The quantitative estimate of drug-likeness (QED) is 0.793. The van der Waals surface area contributed by atoms with Crippen molar-refractivity contribution in [3.05, 3.63) is 12.2 Å². The molecule has 1 aromatic heterocycles. The predicted molar refractivity (Wildman–Crippen MR) is 56.3 cm³/mol. The van der Waals surface area contributed by atoms with Crippen molar-refractivity contribution in [3.8, 4) is 0 Å². The largest absolute Gasteiger partial charge is 0.343 e. The monoisotopic (exact) mass is 210 g/mol. The number of nitrogens with one attached hydrogen (secondary N) is 1. The molecule has 1 aliphatic heterocycles. The molecule has 2 heterocycles. The van der Waals surface area contributed by atoms with Gasteiger partial charge in [-0.15, -0.1) is 0 Å². The highest BCUT2D eigenvalue weighted by Gasteiger charge is 2.17. The minimum atomic E-state index is 0.597. The summed E-state index contributed by atoms with van der Waals surface area (Å²) >= 11 is 0. The van der Waals surface area contributed by atoms with E-state index in [1.807, 2.05) is 0 Å². The summed E-state index contributed by atoms with van der Waals surface area (Å²) in [5, 5.41) is 7.38. The SMILES string of the molecule is CCC1CN(Cc2ncon2)CCCN1. The number of hydrogen-bond acceptors (Lipinski definition) is 5. The lowest BCUT2D eigenvalue weighted by atomic mass is 10.2. The zero-order chi connectivity index (χ0) is 10.5. The molecule has 1 N–H and O–H groups in total. The Balaban J connectivity index is 1.90. The summed E-state index contributed by atoms with van der Waals surface area (Å²) in [4.78, 5) is 6.44. The topological polar surface area (TPSA) is 54.2 Å². The third kappa shape index (κ3) is 3.00. The van der Waals surface area contributed by atoms with Crippen molar-refractivity contribution in [1.29, 1.82) is 0 Å². The van der Waals surface area contributed by atoms with Gasteiger partial charge in [-0.3, -0.25) is 4.90 Å². The summed E-state index contributed by atoms with van der Waals surface area (Å²) in [7, 11) is 0. The van der Waals surface area contributed by atoms with Gasteiger partial charge in [0.1, 0.15) is 0 Å². The summed E-state index contributed by atoms with van der Waals surface area (Å²) in [5.74, 6) is 0.784. The van der Waals surface area contributed by atoms with Crippen LogP contribution < -0.4 is 5.32 Å². The molecule has 1 aromatic rings. The fourth-order valence-electron chi connectivity index (χ4n) is 1.96. The number of nitrogens with zero attached hydrogens (tertiary/aromatic N) is 3. The molecule has 0 bridgehead atoms. The molecule has 5 nitrogen and oxygen atoms in total. The van der Waals surface area contributed by atoms with Crippen molar-refractivity contribution in [3.63, 3.8) is 0 Å². The highest BCUT2D eigenvalue weighted by Crippen LogP contribution is 2.06. The summed E-state index contributed by atoms with van der Waals surface area (Å²) < 4.78 is 4.74. The van der Waals surface area contributed by atoms with Gasteiger partial charge in [-0.25, -0.2) is 0 Å². The van der Waals surface area contributed by atoms with Crippen molar-refractivity contribution in [2.24, 2.45) is 0 Å². The first kappa shape index (κ1) is 10.6. The van der Waals surface area contributed by atoms with Gasteiger partial charge in [-0.05, 0) is 25.9 Å². The average molecular weight is 210 g/mol. The van der Waals surface area contributed by atoms with Gasteiger partial charge in [-0.1, -0.05) is 12.1 Å². The molecular weight excluding hydrogens is 192 g/mol. The van der Waals surface area contributed by atoms with Crippen molar-refractivity contribution in [2.75, 3.05) is 19.6 Å². The second-order valence-electron chi connectivity index (χ2n) is 4.00. The lowest BCUT2D eigenvalue weighted by molar-refractivity contribution is 0.247. The molecule has 84 valence electrons. The van der Waals surface area contributed by atoms with Gasteiger partial charge in [0.2, 0.25) is 6.39 Å². The Labute approximate surface area is 89.8 Å². The first-order valence-corrected chi connectivity index (χ1v) is 5.59. The van der Waals surface area contributed by atoms with Crippen LogP contribution in [0.25, 0.3) is 0 Å². The zero-order valence-corrected chi connectivity index (χ0v) is 9.15. The van der Waals surface area contributed by atoms with E-state index in [1.54, 1.807) is 0 Å². The van der Waals surface area contributed by atoms with Crippen LogP contribution in [0.1, 0.15) is 25.6 Å². The third-order valence-electron chi connectivity index (χ3n) is 2.83. The maximum atomic E-state index is 4.74. The summed E-state index contributed by atoms with van der Waals surface area (Å²) in [6, 6.07) is 0.597. The molecule has 2 rings (SSSR count). The first-order chi connectivity index (χ1) is 7.38. The van der Waals surface area contributed by atoms with Crippen molar-refractivity contribution >= 4 is 0 Å². The van der Waals surface area contributed by atoms with E-state index >= 15 is 0 Å². The van der Waals surface area contributed by atoms with E-state index in [0.29, 0.717) is 6.04 Å². The lowest BCUT2D eigenvalue weighted by Gasteiger charge is -2.21. The van der Waals surface area contributed by atoms with Crippen molar-refractivity contribution < 1.29 is 4.52 Å². The highest BCUT2D eigenvalue weighted by atomic mass is 16.5. The molecular formula is C10H18N4O. The normalized spacial score (nSPS) is 23.9. The van der Waals surface area contributed by atoms with Crippen LogP contribution in [0.4, 0.5) is 0 Å². The van der Waals surface area contributed by atoms with Gasteiger partial charge in [0.25, 0.3) is 0 Å². The van der Waals surface area contributed by atoms with E-state index in [9.17, 15) is 0 Å². The van der Waals surface area contributed by atoms with E-state index in [-0.39, 0.29) is 0 Å². The van der Waals surface area contributed by atoms with Gasteiger partial charge in [-0.2, -0.15) is 4.98 Å². The van der Waals surface area contributed by atoms with Crippen molar-refractivity contribution in [2.45, 2.75) is 32.4 Å². The first-order valence-electron chi connectivity index (χ1n) is 5.59. The second kappa shape index (κ2) is 5.23. The van der Waals surface area contributed by atoms with Gasteiger partial charge in [0.05, 0.1) is 6.54 Å². The minimum Gasteiger partial charge on any atom is -0.343 e. The van der Waals surface area contributed by atoms with E-state index in [2.05, 4.69) is 27.3 Å². The van der Waals surface area contributed by atoms with Crippen LogP contribution in [0.5, 0.6) is 0 Å². The molecule has 1 aliphatic rings. The molecule has 0 amide bonds. The van der Waals surface area contributed by atoms with Gasteiger partial charge in [0.15, 0.2) is 5.82 Å². The molecule has 1 atom stereocenters. The van der Waals surface area contributed by atoms with Crippen LogP contribution in [0.15, 0.2) is 10.9 Å². The van der Waals surface area contributed by atoms with Crippen LogP contribution in [-0.2, 0) is 6.54 Å². The van der Waals surface area contributed by atoms with Crippen LogP contribution in [0, 0.1) is 0 Å². The Morgan fingerprint density at radius 1 is 1.67 bits per heavy atom. The Morgan fingerprint density at radius 2 is 2.60 bits per heavy atom. The van der Waals surface area contributed by atoms with Crippen LogP contribution in [-0.4, -0.2) is 40.7 Å². The number of rotatable bonds is 3. The Kier molecular flexibility index (Phi) is 3.69. The average Bonchev–Trinajstić information content (AvgIpc) is 2.64. The standard InChI is InChI=1S/C10H18N4O/c1-2-9-6-14(5-3-4-11-9)7-10-12-8-15-13-10/h8-9,11H,2-7H2,1H3. The molecule has 5 heteroatoms. The molecule has 1 fully saturated rings. The van der Waals surface area contributed by atoms with E-state index in [1.165, 1.54) is 19.2 Å². The van der Waals surface area contributed by atoms with E-state index < -0.39 is 0 Å². The minimum absolute atomic E-state index is 0.597. The fourth-order valence-corrected chi connectivity index (χ4v) is 1.96. The second-order valence-corrected chi connectivity index (χ2v) is 4.00. The summed E-state index contributed by atoms with van der Waals surface area (Å²) in [5.41, 5.74) is 0. The molecule has 15 heavy (non-hydrogen) atoms. The van der Waals surface area contributed by atoms with Crippen LogP contribution in [0.3, 0.4) is 0 Å². The van der Waals surface area contributed by atoms with E-state index in [4.69, 9.17) is 4.52 Å². The molecule has 0 saturated carbocycles. The third-order valence-corrected chi connectivity index (χ3v) is 2.83. The predicted octanol–water partition coefficient (Wildman–Crippen LogP) is 0.644. The van der Waals surface area contributed by atoms with Gasteiger partial charge < -0.3 is 9.84 Å². The zero-order valence-electron chi connectivity index (χ0n) is 9.15. The van der Waals surface area contributed by atoms with Crippen LogP contribution in [0.2, 0.25) is 0 Å². The summed E-state index contributed by atoms with van der Waals surface area (Å²) in [6.07, 6.45) is 3.75. The van der Waals surface area contributed by atoms with Crippen LogP contribution >= 0.6 is 0 Å². The van der Waals surface area contributed by atoms with Gasteiger partial charge in [0, 0.05) is 12.6 Å². The maximum Gasteiger partial charge on any atom is 0.213 e. The van der Waals surface area contributed by atoms with Crippen molar-refractivity contribution in [1.82, 2.24) is 20.4 Å². The molecule has 1 saturated heterocycles. The Morgan fingerprint density at radius 3 is 3.33 bits per heavy atom. The molecule has 0 aliphatic carbocycles. The fraction of sp³-hybridized carbons (Fsp3) is 0.800. The highest BCUT2D eigenvalue weighted by molar-refractivity contribution is 4.82. The van der Waals surface area contributed by atoms with E-state index in [0.717, 1.165) is 32.0 Å². The number of hydrogen-bond donors (Lipinski definition) is 1. The molecule has 0 spiro atoms. The maximum absolute atomic E-state index is 4.74. The molecule has 0 radical (unpaired) electrons. The lowest BCUT2D eigenvalue weighted by Crippen LogP contribution is -2.36. The van der Waals surface area contributed by atoms with Gasteiger partial charge >= 0.3 is 0 Å². The smallest absolute Gasteiger partial charge is 0.213 e. The Hall–Kier alpha value is -0.940. The molecule has 0 aromatic carbocycles.